The molecular weight excluding hydrogens is 186 g/mol. The van der Waals surface area contributed by atoms with Gasteiger partial charge in [0.1, 0.15) is 6.29 Å². The number of nitro groups is 1. The molecule has 0 aliphatic heterocycles. The maximum absolute atomic E-state index is 10.6. The topological polar surface area (TPSA) is 69.4 Å². The number of aldehydes is 1. The number of nitro benzene ring substituents is 1. The van der Waals surface area contributed by atoms with Crippen LogP contribution < -0.4 is 0 Å². The molecule has 1 aromatic carbocycles. The van der Waals surface area contributed by atoms with Gasteiger partial charge in [-0.15, -0.1) is 0 Å². The predicted molar refractivity (Wildman–Crippen MR) is 49.2 cm³/mol. The molecule has 0 bridgehead atoms. The third-order valence-electron chi connectivity index (χ3n) is 1.74. The van der Waals surface area contributed by atoms with Crippen LogP contribution in [0, 0.1) is 10.1 Å². The summed E-state index contributed by atoms with van der Waals surface area (Å²) in [5.74, 6) is 0. The number of hydrogen-bond acceptors (Lipinski definition) is 4. The molecule has 0 heterocycles. The first kappa shape index (κ1) is 10.3. The summed E-state index contributed by atoms with van der Waals surface area (Å²) in [5.41, 5.74) is 0.663. The van der Waals surface area contributed by atoms with Crippen molar-refractivity contribution in [3.8, 4) is 0 Å². The van der Waals surface area contributed by atoms with Crippen LogP contribution in [-0.2, 0) is 11.3 Å². The largest absolute Gasteiger partial charge is 0.380 e. The minimum Gasteiger partial charge on any atom is -0.380 e. The smallest absolute Gasteiger partial charge is 0.275 e. The van der Waals surface area contributed by atoms with Crippen molar-refractivity contribution >= 4 is 12.0 Å². The molecule has 5 heteroatoms. The van der Waals surface area contributed by atoms with Gasteiger partial charge >= 0.3 is 0 Å². The Labute approximate surface area is 80.5 Å². The number of carbonyl (C=O) groups is 1. The number of rotatable bonds is 4. The molecule has 0 saturated heterocycles. The van der Waals surface area contributed by atoms with Crippen LogP contribution >= 0.6 is 0 Å². The summed E-state index contributed by atoms with van der Waals surface area (Å²) < 4.78 is 4.80. The van der Waals surface area contributed by atoms with Crippen LogP contribution in [0.5, 0.6) is 0 Å². The fourth-order valence-corrected chi connectivity index (χ4v) is 1.10. The molecule has 0 aliphatic carbocycles. The highest BCUT2D eigenvalue weighted by Crippen LogP contribution is 2.20. The lowest BCUT2D eigenvalue weighted by atomic mass is 10.1. The van der Waals surface area contributed by atoms with E-state index in [0.29, 0.717) is 11.8 Å². The predicted octanol–water partition coefficient (Wildman–Crippen LogP) is 1.55. The Kier molecular flexibility index (Phi) is 3.30. The van der Waals surface area contributed by atoms with Crippen molar-refractivity contribution < 1.29 is 14.5 Å². The number of carbonyl (C=O) groups excluding carboxylic acids is 1. The van der Waals surface area contributed by atoms with Crippen LogP contribution in [0.15, 0.2) is 18.2 Å². The van der Waals surface area contributed by atoms with Crippen molar-refractivity contribution in [2.24, 2.45) is 0 Å². The van der Waals surface area contributed by atoms with Gasteiger partial charge in [0, 0.05) is 18.7 Å². The Balaban J connectivity index is 3.16. The van der Waals surface area contributed by atoms with E-state index in [1.54, 1.807) is 0 Å². The SMILES string of the molecule is COCc1ccc(C=O)cc1[N+](=O)[O-]. The molecule has 5 nitrogen and oxygen atoms in total. The molecule has 0 atom stereocenters. The minimum atomic E-state index is -0.526. The fraction of sp³-hybridized carbons (Fsp3) is 0.222. The van der Waals surface area contributed by atoms with Crippen LogP contribution in [0.4, 0.5) is 5.69 Å². The fourth-order valence-electron chi connectivity index (χ4n) is 1.10. The molecule has 0 unspecified atom stereocenters. The average molecular weight is 195 g/mol. The summed E-state index contributed by atoms with van der Waals surface area (Å²) in [6.07, 6.45) is 0.573. The molecule has 0 aromatic heterocycles. The van der Waals surface area contributed by atoms with Crippen LogP contribution in [-0.4, -0.2) is 18.3 Å². The molecular formula is C9H9NO4. The Morgan fingerprint density at radius 1 is 1.57 bits per heavy atom. The Morgan fingerprint density at radius 3 is 2.79 bits per heavy atom. The van der Waals surface area contributed by atoms with Crippen molar-refractivity contribution in [2.75, 3.05) is 7.11 Å². The molecule has 14 heavy (non-hydrogen) atoms. The third-order valence-corrected chi connectivity index (χ3v) is 1.74. The van der Waals surface area contributed by atoms with Gasteiger partial charge in [0.05, 0.1) is 17.1 Å². The van der Waals surface area contributed by atoms with Gasteiger partial charge < -0.3 is 4.74 Å². The van der Waals surface area contributed by atoms with E-state index < -0.39 is 4.92 Å². The van der Waals surface area contributed by atoms with Gasteiger partial charge in [-0.05, 0) is 6.07 Å². The van der Waals surface area contributed by atoms with E-state index in [1.807, 2.05) is 0 Å². The molecule has 74 valence electrons. The first-order chi connectivity index (χ1) is 6.69. The number of methoxy groups -OCH3 is 1. The number of ether oxygens (including phenoxy) is 1. The highest BCUT2D eigenvalue weighted by Gasteiger charge is 2.13. The van der Waals surface area contributed by atoms with Crippen molar-refractivity contribution in [2.45, 2.75) is 6.61 Å². The molecule has 0 fully saturated rings. The van der Waals surface area contributed by atoms with E-state index in [0.717, 1.165) is 0 Å². The van der Waals surface area contributed by atoms with Gasteiger partial charge in [-0.2, -0.15) is 0 Å². The summed E-state index contributed by atoms with van der Waals surface area (Å²) in [6, 6.07) is 4.28. The van der Waals surface area contributed by atoms with Gasteiger partial charge in [-0.3, -0.25) is 14.9 Å². The second-order valence-corrected chi connectivity index (χ2v) is 2.70. The highest BCUT2D eigenvalue weighted by molar-refractivity contribution is 5.76. The lowest BCUT2D eigenvalue weighted by molar-refractivity contribution is -0.385. The van der Waals surface area contributed by atoms with Gasteiger partial charge in [0.25, 0.3) is 5.69 Å². The summed E-state index contributed by atoms with van der Waals surface area (Å²) >= 11 is 0. The lowest BCUT2D eigenvalue weighted by Crippen LogP contribution is -1.98. The van der Waals surface area contributed by atoms with E-state index in [1.165, 1.54) is 25.3 Å². The molecule has 1 rings (SSSR count). The second kappa shape index (κ2) is 4.48. The number of nitrogens with zero attached hydrogens (tertiary/aromatic N) is 1. The third kappa shape index (κ3) is 2.14. The van der Waals surface area contributed by atoms with Crippen molar-refractivity contribution in [1.29, 1.82) is 0 Å². The quantitative estimate of drug-likeness (QED) is 0.415. The number of benzene rings is 1. The first-order valence-corrected chi connectivity index (χ1v) is 3.90. The second-order valence-electron chi connectivity index (χ2n) is 2.70. The van der Waals surface area contributed by atoms with E-state index in [9.17, 15) is 14.9 Å². The molecule has 0 aliphatic rings. The van der Waals surface area contributed by atoms with Gasteiger partial charge in [0.2, 0.25) is 0 Å². The maximum atomic E-state index is 10.6. The van der Waals surface area contributed by atoms with Crippen LogP contribution in [0.25, 0.3) is 0 Å². The Morgan fingerprint density at radius 2 is 2.29 bits per heavy atom. The molecule has 0 spiro atoms. The summed E-state index contributed by atoms with van der Waals surface area (Å²) in [7, 11) is 1.46. The Hall–Kier alpha value is -1.75. The zero-order chi connectivity index (χ0) is 10.6. The van der Waals surface area contributed by atoms with E-state index in [4.69, 9.17) is 4.74 Å². The zero-order valence-electron chi connectivity index (χ0n) is 7.60. The van der Waals surface area contributed by atoms with Crippen LogP contribution in [0.1, 0.15) is 15.9 Å². The molecule has 0 radical (unpaired) electrons. The molecule has 0 amide bonds. The molecule has 0 N–H and O–H groups in total. The highest BCUT2D eigenvalue weighted by atomic mass is 16.6. The average Bonchev–Trinajstić information content (AvgIpc) is 2.18. The molecule has 0 saturated carbocycles. The van der Waals surface area contributed by atoms with E-state index in [-0.39, 0.29) is 17.9 Å². The minimum absolute atomic E-state index is 0.0866. The summed E-state index contributed by atoms with van der Waals surface area (Å²) in [6.45, 7) is 0.162. The monoisotopic (exact) mass is 195 g/mol. The zero-order valence-corrected chi connectivity index (χ0v) is 7.60. The van der Waals surface area contributed by atoms with Crippen molar-refractivity contribution in [1.82, 2.24) is 0 Å². The summed E-state index contributed by atoms with van der Waals surface area (Å²) in [4.78, 5) is 20.5. The first-order valence-electron chi connectivity index (χ1n) is 3.90. The summed E-state index contributed by atoms with van der Waals surface area (Å²) in [5, 5.41) is 10.6. The van der Waals surface area contributed by atoms with Crippen molar-refractivity contribution in [3.63, 3.8) is 0 Å². The van der Waals surface area contributed by atoms with E-state index in [2.05, 4.69) is 0 Å². The van der Waals surface area contributed by atoms with Crippen LogP contribution in [0.2, 0.25) is 0 Å². The normalized spacial score (nSPS) is 9.79. The molecule has 1 aromatic rings. The van der Waals surface area contributed by atoms with Gasteiger partial charge in [0.15, 0.2) is 0 Å². The Bertz CT molecular complexity index is 362. The van der Waals surface area contributed by atoms with Gasteiger partial charge in [-0.25, -0.2) is 0 Å². The van der Waals surface area contributed by atoms with Crippen LogP contribution in [0.3, 0.4) is 0 Å². The maximum Gasteiger partial charge on any atom is 0.275 e. The van der Waals surface area contributed by atoms with Gasteiger partial charge in [-0.1, -0.05) is 6.07 Å². The van der Waals surface area contributed by atoms with Crippen molar-refractivity contribution in [3.05, 3.63) is 39.4 Å². The van der Waals surface area contributed by atoms with E-state index >= 15 is 0 Å². The standard InChI is InChI=1S/C9H9NO4/c1-14-6-8-3-2-7(5-11)4-9(8)10(12)13/h2-5H,6H2,1H3. The number of hydrogen-bond donors (Lipinski definition) is 0. The lowest BCUT2D eigenvalue weighted by Gasteiger charge is -2.01.